The molecule has 0 N–H and O–H groups in total. The van der Waals surface area contributed by atoms with E-state index < -0.39 is 0 Å². The van der Waals surface area contributed by atoms with Crippen LogP contribution < -0.4 is 0 Å². The van der Waals surface area contributed by atoms with Gasteiger partial charge in [0.05, 0.1) is 0 Å². The third kappa shape index (κ3) is 42.4. The molecule has 82 valence electrons. The van der Waals surface area contributed by atoms with Crippen LogP contribution in [0, 0.1) is 23.7 Å². The van der Waals surface area contributed by atoms with Gasteiger partial charge in [0.15, 0.2) is 0 Å². The van der Waals surface area contributed by atoms with E-state index in [9.17, 15) is 0 Å². The van der Waals surface area contributed by atoms with Gasteiger partial charge < -0.3 is 0 Å². The average molecular weight is 278 g/mol. The molecule has 0 unspecified atom stereocenters. The number of benzene rings is 1. The lowest BCUT2D eigenvalue weighted by atomic mass is 10.4. The summed E-state index contributed by atoms with van der Waals surface area (Å²) in [5.41, 5.74) is 0. The maximum absolute atomic E-state index is 6.50. The summed E-state index contributed by atoms with van der Waals surface area (Å²) in [5.74, 6) is 0. The highest BCUT2D eigenvalue weighted by molar-refractivity contribution is 5.86. The molecule has 1 rings (SSSR count). The van der Waals surface area contributed by atoms with Gasteiger partial charge in [0.2, 0.25) is 0 Å². The molecule has 6 heteroatoms. The number of halogens is 4. The van der Waals surface area contributed by atoms with Crippen LogP contribution >= 0.6 is 49.6 Å². The minimum Gasteiger partial charge on any atom is -0.202 e. The molecular formula is C8H12Cl4N2. The Morgan fingerprint density at radius 1 is 0.429 bits per heavy atom. The van der Waals surface area contributed by atoms with Gasteiger partial charge in [-0.3, -0.25) is 0 Å². The third-order valence-corrected chi connectivity index (χ3v) is 0.667. The summed E-state index contributed by atoms with van der Waals surface area (Å²) in [7, 11) is 0. The fraction of sp³-hybridized carbons (Fsp3) is 0. The first kappa shape index (κ1) is 37.7. The van der Waals surface area contributed by atoms with Crippen molar-refractivity contribution in [3.63, 3.8) is 0 Å². The number of nitrogens with zero attached hydrogens (tertiary/aromatic N) is 2. The van der Waals surface area contributed by atoms with Gasteiger partial charge in [0.1, 0.15) is 0 Å². The first-order valence-corrected chi connectivity index (χ1v) is 2.52. The van der Waals surface area contributed by atoms with E-state index in [1.165, 1.54) is 0 Å². The molecule has 0 amide bonds. The van der Waals surface area contributed by atoms with Gasteiger partial charge in [-0.25, -0.2) is 10.5 Å². The second-order valence-corrected chi connectivity index (χ2v) is 1.15. The van der Waals surface area contributed by atoms with Crippen molar-refractivity contribution in [3.05, 3.63) is 36.4 Å². The number of hydrogen-bond acceptors (Lipinski definition) is 2. The quantitative estimate of drug-likeness (QED) is 0.727. The molecule has 0 aliphatic rings. The zero-order valence-electron chi connectivity index (χ0n) is 7.15. The maximum atomic E-state index is 6.50. The molecule has 0 fully saturated rings. The molecule has 0 bridgehead atoms. The van der Waals surface area contributed by atoms with Crippen LogP contribution in [0.3, 0.4) is 0 Å². The third-order valence-electron chi connectivity index (χ3n) is 0.667. The lowest BCUT2D eigenvalue weighted by Crippen LogP contribution is -1.47. The zero-order chi connectivity index (χ0) is 8.24. The highest BCUT2D eigenvalue weighted by atomic mass is 35.5. The first-order chi connectivity index (χ1) is 5.00. The Kier molecular flexibility index (Phi) is 149. The first-order valence-electron chi connectivity index (χ1n) is 2.52. The Hall–Kier alpha value is -0.640. The Labute approximate surface area is 110 Å². The molecule has 0 aliphatic heterocycles. The van der Waals surface area contributed by atoms with E-state index in [4.69, 9.17) is 10.5 Å². The van der Waals surface area contributed by atoms with Crippen molar-refractivity contribution >= 4 is 49.6 Å². The van der Waals surface area contributed by atoms with E-state index in [2.05, 4.69) is 13.1 Å². The normalized spacial score (nSPS) is 3.71. The lowest BCUT2D eigenvalue weighted by Gasteiger charge is -1.69. The topological polar surface area (TPSA) is 47.6 Å². The zero-order valence-corrected chi connectivity index (χ0v) is 10.4. The summed E-state index contributed by atoms with van der Waals surface area (Å²) in [6.45, 7) is 7.00. The monoisotopic (exact) mass is 276 g/mol. The van der Waals surface area contributed by atoms with Gasteiger partial charge in [-0.1, -0.05) is 36.4 Å². The summed E-state index contributed by atoms with van der Waals surface area (Å²) in [5, 5.41) is 13.0. The van der Waals surface area contributed by atoms with Gasteiger partial charge in [-0.15, -0.1) is 49.6 Å². The van der Waals surface area contributed by atoms with Crippen molar-refractivity contribution in [1.29, 1.82) is 10.5 Å². The van der Waals surface area contributed by atoms with Gasteiger partial charge in [-0.2, -0.15) is 0 Å². The van der Waals surface area contributed by atoms with Crippen molar-refractivity contribution in [1.82, 2.24) is 0 Å². The largest absolute Gasteiger partial charge is 0.202 e. The van der Waals surface area contributed by atoms with E-state index >= 15 is 0 Å². The highest BCUT2D eigenvalue weighted by Crippen LogP contribution is 1.79. The molecule has 0 saturated heterocycles. The summed E-state index contributed by atoms with van der Waals surface area (Å²) in [6.07, 6.45) is 0. The van der Waals surface area contributed by atoms with E-state index in [-0.39, 0.29) is 49.6 Å². The Balaban J connectivity index is -0.0000000183. The van der Waals surface area contributed by atoms with Crippen molar-refractivity contribution in [2.24, 2.45) is 0 Å². The fourth-order valence-electron chi connectivity index (χ4n) is 0.385. The summed E-state index contributed by atoms with van der Waals surface area (Å²) in [6, 6.07) is 12.0. The smallest absolute Gasteiger partial charge is 0.0462 e. The van der Waals surface area contributed by atoms with Crippen LogP contribution in [0.15, 0.2) is 36.4 Å². The number of hydrogen-bond donors (Lipinski definition) is 0. The van der Waals surface area contributed by atoms with E-state index in [1.807, 2.05) is 36.4 Å². The Morgan fingerprint density at radius 3 is 0.571 bits per heavy atom. The second kappa shape index (κ2) is 55.5. The molecule has 14 heavy (non-hydrogen) atoms. The molecule has 0 heterocycles. The van der Waals surface area contributed by atoms with Crippen LogP contribution in [0.1, 0.15) is 0 Å². The average Bonchev–Trinajstić information content (AvgIpc) is 2.14. The van der Waals surface area contributed by atoms with Crippen molar-refractivity contribution in [2.45, 2.75) is 0 Å². The summed E-state index contributed by atoms with van der Waals surface area (Å²) < 4.78 is 0. The van der Waals surface area contributed by atoms with Crippen LogP contribution in [-0.4, -0.2) is 0 Å². The molecule has 0 atom stereocenters. The Morgan fingerprint density at radius 2 is 0.500 bits per heavy atom. The highest BCUT2D eigenvalue weighted by Gasteiger charge is 1.57. The molecule has 1 aromatic carbocycles. The molecular weight excluding hydrogens is 266 g/mol. The van der Waals surface area contributed by atoms with Crippen LogP contribution in [0.4, 0.5) is 0 Å². The molecule has 0 aliphatic carbocycles. The van der Waals surface area contributed by atoms with Crippen LogP contribution in [0.25, 0.3) is 0 Å². The SMILES string of the molecule is C#N.C#N.Cl.Cl.Cl.Cl.c1ccccc1. The van der Waals surface area contributed by atoms with Gasteiger partial charge >= 0.3 is 0 Å². The van der Waals surface area contributed by atoms with Crippen molar-refractivity contribution in [3.8, 4) is 13.1 Å². The molecule has 1 aromatic rings. The lowest BCUT2D eigenvalue weighted by molar-refractivity contribution is 1.58. The van der Waals surface area contributed by atoms with Gasteiger partial charge in [0, 0.05) is 13.1 Å². The van der Waals surface area contributed by atoms with Crippen LogP contribution in [0.2, 0.25) is 0 Å². The summed E-state index contributed by atoms with van der Waals surface area (Å²) >= 11 is 0. The fourth-order valence-corrected chi connectivity index (χ4v) is 0.385. The number of rotatable bonds is 0. The minimum absolute atomic E-state index is 0. The van der Waals surface area contributed by atoms with Crippen molar-refractivity contribution < 1.29 is 0 Å². The molecule has 0 spiro atoms. The number of nitriles is 2. The Bertz CT molecular complexity index is 144. The van der Waals surface area contributed by atoms with Crippen LogP contribution in [-0.2, 0) is 0 Å². The van der Waals surface area contributed by atoms with E-state index in [0.717, 1.165) is 0 Å². The van der Waals surface area contributed by atoms with Crippen molar-refractivity contribution in [2.75, 3.05) is 0 Å². The standard InChI is InChI=1S/C6H6.2CHN.4ClH/c1-2-4-6-5-3-1;2*1-2;;;;/h1-6H;2*1H;4*1H. The summed E-state index contributed by atoms with van der Waals surface area (Å²) in [4.78, 5) is 0. The molecule has 0 radical (unpaired) electrons. The predicted octanol–water partition coefficient (Wildman–Crippen LogP) is 3.65. The molecule has 0 aromatic heterocycles. The molecule has 2 nitrogen and oxygen atoms in total. The minimum atomic E-state index is 0. The van der Waals surface area contributed by atoms with Gasteiger partial charge in [0.25, 0.3) is 0 Å². The van der Waals surface area contributed by atoms with Crippen LogP contribution in [0.5, 0.6) is 0 Å². The van der Waals surface area contributed by atoms with E-state index in [0.29, 0.717) is 0 Å². The second-order valence-electron chi connectivity index (χ2n) is 1.15. The van der Waals surface area contributed by atoms with E-state index in [1.54, 1.807) is 0 Å². The molecule has 0 saturated carbocycles. The predicted molar refractivity (Wildman–Crippen MR) is 68.8 cm³/mol. The maximum Gasteiger partial charge on any atom is 0.0462 e. The van der Waals surface area contributed by atoms with Gasteiger partial charge in [-0.05, 0) is 0 Å².